The Balaban J connectivity index is 2.50. The van der Waals surface area contributed by atoms with Crippen molar-refractivity contribution in [2.75, 3.05) is 0 Å². The van der Waals surface area contributed by atoms with Crippen LogP contribution in [0.5, 0.6) is 0 Å². The summed E-state index contributed by atoms with van der Waals surface area (Å²) >= 11 is 5.89. The van der Waals surface area contributed by atoms with E-state index >= 15 is 0 Å². The van der Waals surface area contributed by atoms with Gasteiger partial charge in [-0.25, -0.2) is 9.78 Å². The molecule has 1 aromatic carbocycles. The largest absolute Gasteiger partial charge is 0.476 e. The highest BCUT2D eigenvalue weighted by Gasteiger charge is 2.08. The molecular formula is C11H9ClN2O2. The molecule has 0 amide bonds. The maximum atomic E-state index is 10.7. The van der Waals surface area contributed by atoms with Crippen LogP contribution in [0.2, 0.25) is 5.02 Å². The molecule has 0 spiro atoms. The Labute approximate surface area is 97.1 Å². The molecule has 0 bridgehead atoms. The minimum absolute atomic E-state index is 0.0133. The second-order valence-electron chi connectivity index (χ2n) is 3.40. The zero-order valence-corrected chi connectivity index (χ0v) is 9.27. The number of carboxylic acid groups (broad SMARTS) is 1. The lowest BCUT2D eigenvalue weighted by Crippen LogP contribution is -1.96. The lowest BCUT2D eigenvalue weighted by Gasteiger charge is -2.06. The molecule has 5 heteroatoms. The van der Waals surface area contributed by atoms with Crippen LogP contribution in [0.3, 0.4) is 0 Å². The van der Waals surface area contributed by atoms with Crippen molar-refractivity contribution in [2.45, 2.75) is 6.92 Å². The van der Waals surface area contributed by atoms with Crippen molar-refractivity contribution >= 4 is 17.6 Å². The lowest BCUT2D eigenvalue weighted by atomic mass is 10.2. The van der Waals surface area contributed by atoms with Crippen LogP contribution in [-0.2, 0) is 0 Å². The highest BCUT2D eigenvalue weighted by atomic mass is 35.5. The Hall–Kier alpha value is -1.81. The first kappa shape index (κ1) is 10.7. The van der Waals surface area contributed by atoms with E-state index in [1.54, 1.807) is 16.7 Å². The van der Waals surface area contributed by atoms with Gasteiger partial charge in [-0.2, -0.15) is 0 Å². The first-order chi connectivity index (χ1) is 7.58. The van der Waals surface area contributed by atoms with Gasteiger partial charge in [0.1, 0.15) is 6.33 Å². The molecule has 82 valence electrons. The van der Waals surface area contributed by atoms with E-state index in [1.807, 2.05) is 13.0 Å². The summed E-state index contributed by atoms with van der Waals surface area (Å²) in [4.78, 5) is 14.5. The van der Waals surface area contributed by atoms with E-state index in [9.17, 15) is 4.79 Å². The number of benzene rings is 1. The van der Waals surface area contributed by atoms with Crippen LogP contribution in [0.1, 0.15) is 16.1 Å². The number of aromatic carboxylic acids is 1. The van der Waals surface area contributed by atoms with Crippen molar-refractivity contribution in [3.8, 4) is 5.69 Å². The number of hydrogen-bond acceptors (Lipinski definition) is 2. The summed E-state index contributed by atoms with van der Waals surface area (Å²) in [6.45, 7) is 1.92. The van der Waals surface area contributed by atoms with E-state index in [2.05, 4.69) is 4.98 Å². The van der Waals surface area contributed by atoms with Crippen LogP contribution in [-0.4, -0.2) is 20.6 Å². The lowest BCUT2D eigenvalue weighted by molar-refractivity contribution is 0.0691. The maximum absolute atomic E-state index is 10.7. The van der Waals surface area contributed by atoms with E-state index in [4.69, 9.17) is 16.7 Å². The van der Waals surface area contributed by atoms with Crippen LogP contribution < -0.4 is 0 Å². The van der Waals surface area contributed by atoms with Crippen LogP contribution in [0.25, 0.3) is 5.69 Å². The van der Waals surface area contributed by atoms with Gasteiger partial charge in [0, 0.05) is 11.2 Å². The van der Waals surface area contributed by atoms with Gasteiger partial charge in [-0.15, -0.1) is 0 Å². The zero-order valence-electron chi connectivity index (χ0n) is 8.51. The molecule has 0 atom stereocenters. The molecule has 1 aromatic heterocycles. The van der Waals surface area contributed by atoms with E-state index < -0.39 is 5.97 Å². The van der Waals surface area contributed by atoms with Crippen molar-refractivity contribution < 1.29 is 9.90 Å². The predicted molar refractivity (Wildman–Crippen MR) is 60.3 cm³/mol. The average molecular weight is 237 g/mol. The van der Waals surface area contributed by atoms with E-state index in [0.29, 0.717) is 5.02 Å². The summed E-state index contributed by atoms with van der Waals surface area (Å²) in [5.41, 5.74) is 1.84. The van der Waals surface area contributed by atoms with Gasteiger partial charge < -0.3 is 9.67 Å². The van der Waals surface area contributed by atoms with Gasteiger partial charge in [0.25, 0.3) is 0 Å². The zero-order chi connectivity index (χ0) is 11.7. The Bertz CT molecular complexity index is 549. The highest BCUT2D eigenvalue weighted by molar-refractivity contribution is 6.30. The molecule has 0 aliphatic heterocycles. The molecule has 16 heavy (non-hydrogen) atoms. The number of imidazole rings is 1. The number of carbonyl (C=O) groups is 1. The van der Waals surface area contributed by atoms with Crippen molar-refractivity contribution in [2.24, 2.45) is 0 Å². The normalized spacial score (nSPS) is 10.4. The van der Waals surface area contributed by atoms with Crippen LogP contribution >= 0.6 is 11.6 Å². The Kier molecular flexibility index (Phi) is 2.66. The van der Waals surface area contributed by atoms with Crippen molar-refractivity contribution in [3.63, 3.8) is 0 Å². The Morgan fingerprint density at radius 3 is 2.88 bits per heavy atom. The second-order valence-corrected chi connectivity index (χ2v) is 3.84. The maximum Gasteiger partial charge on any atom is 0.356 e. The molecule has 0 saturated carbocycles. The predicted octanol–water partition coefficient (Wildman–Crippen LogP) is 2.53. The number of nitrogens with zero attached hydrogens (tertiary/aromatic N) is 2. The van der Waals surface area contributed by atoms with Crippen molar-refractivity contribution in [1.29, 1.82) is 0 Å². The molecule has 2 aromatic rings. The summed E-state index contributed by atoms with van der Waals surface area (Å²) in [7, 11) is 0. The summed E-state index contributed by atoms with van der Waals surface area (Å²) in [5, 5.41) is 9.37. The van der Waals surface area contributed by atoms with Crippen molar-refractivity contribution in [3.05, 3.63) is 47.0 Å². The van der Waals surface area contributed by atoms with E-state index in [1.165, 1.54) is 12.5 Å². The molecular weight excluding hydrogens is 228 g/mol. The van der Waals surface area contributed by atoms with Gasteiger partial charge in [-0.3, -0.25) is 0 Å². The third-order valence-corrected chi connectivity index (χ3v) is 2.49. The average Bonchev–Trinajstić information content (AvgIpc) is 2.70. The topological polar surface area (TPSA) is 55.1 Å². The summed E-state index contributed by atoms with van der Waals surface area (Å²) in [5.74, 6) is -1.04. The smallest absolute Gasteiger partial charge is 0.356 e. The fourth-order valence-electron chi connectivity index (χ4n) is 1.43. The molecule has 1 heterocycles. The first-order valence-corrected chi connectivity index (χ1v) is 4.99. The monoisotopic (exact) mass is 236 g/mol. The standard InChI is InChI=1S/C11H9ClN2O2/c1-7-2-3-8(12)4-10(7)14-5-9(11(15)16)13-6-14/h2-6H,1H3,(H,15,16). The van der Waals surface area contributed by atoms with E-state index in [0.717, 1.165) is 11.3 Å². The Morgan fingerprint density at radius 1 is 1.50 bits per heavy atom. The van der Waals surface area contributed by atoms with Crippen LogP contribution in [0.4, 0.5) is 0 Å². The number of rotatable bonds is 2. The highest BCUT2D eigenvalue weighted by Crippen LogP contribution is 2.19. The molecule has 0 fully saturated rings. The van der Waals surface area contributed by atoms with Gasteiger partial charge in [-0.05, 0) is 24.6 Å². The van der Waals surface area contributed by atoms with Crippen LogP contribution in [0.15, 0.2) is 30.7 Å². The molecule has 0 aliphatic rings. The Morgan fingerprint density at radius 2 is 2.25 bits per heavy atom. The third-order valence-electron chi connectivity index (χ3n) is 2.25. The fourth-order valence-corrected chi connectivity index (χ4v) is 1.59. The van der Waals surface area contributed by atoms with Crippen molar-refractivity contribution in [1.82, 2.24) is 9.55 Å². The SMILES string of the molecule is Cc1ccc(Cl)cc1-n1cnc(C(=O)O)c1. The second kappa shape index (κ2) is 3.98. The van der Waals surface area contributed by atoms with Gasteiger partial charge in [0.15, 0.2) is 5.69 Å². The van der Waals surface area contributed by atoms with Crippen LogP contribution in [0, 0.1) is 6.92 Å². The number of aryl methyl sites for hydroxylation is 1. The fraction of sp³-hybridized carbons (Fsp3) is 0.0909. The molecule has 0 unspecified atom stereocenters. The third kappa shape index (κ3) is 1.92. The van der Waals surface area contributed by atoms with Gasteiger partial charge in [0.05, 0.1) is 5.69 Å². The molecule has 4 nitrogen and oxygen atoms in total. The molecule has 0 saturated heterocycles. The molecule has 1 N–H and O–H groups in total. The molecule has 2 rings (SSSR count). The van der Waals surface area contributed by atoms with Gasteiger partial charge >= 0.3 is 5.97 Å². The summed E-state index contributed by atoms with van der Waals surface area (Å²) < 4.78 is 1.64. The summed E-state index contributed by atoms with van der Waals surface area (Å²) in [6.07, 6.45) is 2.92. The minimum Gasteiger partial charge on any atom is -0.476 e. The quantitative estimate of drug-likeness (QED) is 0.872. The van der Waals surface area contributed by atoms with Gasteiger partial charge in [0.2, 0.25) is 0 Å². The molecule has 0 radical (unpaired) electrons. The van der Waals surface area contributed by atoms with E-state index in [-0.39, 0.29) is 5.69 Å². The van der Waals surface area contributed by atoms with Gasteiger partial charge in [-0.1, -0.05) is 17.7 Å². The minimum atomic E-state index is -1.04. The number of hydrogen-bond donors (Lipinski definition) is 1. The first-order valence-electron chi connectivity index (χ1n) is 4.62. The summed E-state index contributed by atoms with van der Waals surface area (Å²) in [6, 6.07) is 5.43. The molecule has 0 aliphatic carbocycles. The number of aromatic nitrogens is 2. The number of halogens is 1. The number of carboxylic acids is 1.